The van der Waals surface area contributed by atoms with Gasteiger partial charge in [-0.05, 0) is 0 Å². The molecule has 0 aromatic heterocycles. The Bertz CT molecular complexity index is 283. The lowest BCUT2D eigenvalue weighted by Crippen LogP contribution is -2.21. The summed E-state index contributed by atoms with van der Waals surface area (Å²) in [5.41, 5.74) is 0. The van der Waals surface area contributed by atoms with Crippen molar-refractivity contribution in [1.29, 1.82) is 0 Å². The van der Waals surface area contributed by atoms with E-state index in [1.165, 1.54) is 12.6 Å². The Hall–Kier alpha value is -1.73. The lowest BCUT2D eigenvalue weighted by molar-refractivity contribution is -0.192. The average Bonchev–Trinajstić information content (AvgIpc) is 2.04. The molecule has 0 spiro atoms. The van der Waals surface area contributed by atoms with E-state index in [1.807, 2.05) is 0 Å². The SMILES string of the molecule is O=C(O)C(F)(F)F.O=C1C=NC=NC1. The molecule has 0 saturated heterocycles. The Morgan fingerprint density at radius 1 is 1.50 bits per heavy atom. The second-order valence-corrected chi connectivity index (χ2v) is 2.00. The summed E-state index contributed by atoms with van der Waals surface area (Å²) < 4.78 is 31.7. The minimum atomic E-state index is -5.08. The summed E-state index contributed by atoms with van der Waals surface area (Å²) in [6.07, 6.45) is -2.44. The fraction of sp³-hybridized carbons (Fsp3) is 0.333. The van der Waals surface area contributed by atoms with Gasteiger partial charge in [-0.25, -0.2) is 9.79 Å². The number of hydrogen-bond donors (Lipinski definition) is 1. The first-order valence-electron chi connectivity index (χ1n) is 3.18. The molecule has 1 aliphatic rings. The lowest BCUT2D eigenvalue weighted by Gasteiger charge is -1.93. The number of carbonyl (C=O) groups is 2. The number of carboxylic acid groups (broad SMARTS) is 1. The average molecular weight is 210 g/mol. The van der Waals surface area contributed by atoms with Gasteiger partial charge in [-0.3, -0.25) is 9.79 Å². The summed E-state index contributed by atoms with van der Waals surface area (Å²) in [6, 6.07) is 0. The molecule has 8 heteroatoms. The summed E-state index contributed by atoms with van der Waals surface area (Å²) in [6.45, 7) is 0.267. The van der Waals surface area contributed by atoms with Gasteiger partial charge in [-0.1, -0.05) is 0 Å². The zero-order chi connectivity index (χ0) is 11.2. The topological polar surface area (TPSA) is 79.1 Å². The molecule has 14 heavy (non-hydrogen) atoms. The van der Waals surface area contributed by atoms with Crippen LogP contribution in [0.5, 0.6) is 0 Å². The maximum Gasteiger partial charge on any atom is 0.490 e. The molecular weight excluding hydrogens is 205 g/mol. The molecule has 0 unspecified atom stereocenters. The molecule has 1 heterocycles. The summed E-state index contributed by atoms with van der Waals surface area (Å²) in [4.78, 5) is 26.2. The highest BCUT2D eigenvalue weighted by Crippen LogP contribution is 2.13. The third kappa shape index (κ3) is 5.86. The highest BCUT2D eigenvalue weighted by molar-refractivity contribution is 6.30. The maximum atomic E-state index is 10.6. The number of aliphatic imine (C=N–C) groups is 2. The predicted octanol–water partition coefficient (Wildman–Crippen LogP) is 0.302. The van der Waals surface area contributed by atoms with Gasteiger partial charge < -0.3 is 5.11 Å². The molecule has 1 aliphatic heterocycles. The second kappa shape index (κ2) is 5.10. The van der Waals surface area contributed by atoms with E-state index < -0.39 is 12.1 Å². The lowest BCUT2D eigenvalue weighted by atomic mass is 10.4. The van der Waals surface area contributed by atoms with Crippen LogP contribution in [0, 0.1) is 0 Å². The highest BCUT2D eigenvalue weighted by atomic mass is 19.4. The van der Waals surface area contributed by atoms with Gasteiger partial charge in [-0.15, -0.1) is 0 Å². The number of hydrogen-bond acceptors (Lipinski definition) is 4. The molecular formula is C6H5F3N2O3. The number of aliphatic carboxylic acids is 1. The first-order chi connectivity index (χ1) is 6.34. The van der Waals surface area contributed by atoms with Crippen molar-refractivity contribution in [1.82, 2.24) is 0 Å². The van der Waals surface area contributed by atoms with Gasteiger partial charge in [0.1, 0.15) is 12.9 Å². The van der Waals surface area contributed by atoms with Crippen LogP contribution >= 0.6 is 0 Å². The van der Waals surface area contributed by atoms with E-state index in [4.69, 9.17) is 9.90 Å². The van der Waals surface area contributed by atoms with Crippen LogP contribution in [0.2, 0.25) is 0 Å². The Kier molecular flexibility index (Phi) is 4.47. The van der Waals surface area contributed by atoms with E-state index in [1.54, 1.807) is 0 Å². The zero-order valence-electron chi connectivity index (χ0n) is 6.65. The number of halogens is 3. The first kappa shape index (κ1) is 12.3. The van der Waals surface area contributed by atoms with Crippen molar-refractivity contribution in [3.63, 3.8) is 0 Å². The van der Waals surface area contributed by atoms with E-state index in [9.17, 15) is 18.0 Å². The molecule has 0 atom stereocenters. The van der Waals surface area contributed by atoms with Gasteiger partial charge in [0.15, 0.2) is 5.78 Å². The van der Waals surface area contributed by atoms with Gasteiger partial charge in [0, 0.05) is 0 Å². The van der Waals surface area contributed by atoms with Gasteiger partial charge in [0.25, 0.3) is 0 Å². The number of Topliss-reactive ketones (excluding diaryl/α,β-unsaturated/α-hetero) is 1. The predicted molar refractivity (Wildman–Crippen MR) is 40.5 cm³/mol. The number of nitrogens with zero attached hydrogens (tertiary/aromatic N) is 2. The molecule has 1 rings (SSSR count). The fourth-order valence-electron chi connectivity index (χ4n) is 0.335. The number of alkyl halides is 3. The number of ketones is 1. The molecule has 78 valence electrons. The van der Waals surface area contributed by atoms with Crippen LogP contribution in [-0.4, -0.2) is 42.1 Å². The van der Waals surface area contributed by atoms with Crippen molar-refractivity contribution in [3.8, 4) is 0 Å². The van der Waals surface area contributed by atoms with Crippen LogP contribution in [0.4, 0.5) is 13.2 Å². The maximum absolute atomic E-state index is 10.6. The van der Waals surface area contributed by atoms with E-state index in [2.05, 4.69) is 9.98 Å². The van der Waals surface area contributed by atoms with Crippen molar-refractivity contribution < 1.29 is 27.9 Å². The number of rotatable bonds is 0. The van der Waals surface area contributed by atoms with Crippen LogP contribution in [-0.2, 0) is 9.59 Å². The number of carbonyl (C=O) groups excluding carboxylic acids is 1. The molecule has 0 fully saturated rings. The van der Waals surface area contributed by atoms with E-state index in [0.717, 1.165) is 0 Å². The smallest absolute Gasteiger partial charge is 0.475 e. The van der Waals surface area contributed by atoms with Crippen LogP contribution < -0.4 is 0 Å². The summed E-state index contributed by atoms with van der Waals surface area (Å²) in [5.74, 6) is -2.78. The van der Waals surface area contributed by atoms with Gasteiger partial charge in [0.05, 0.1) is 6.21 Å². The minimum Gasteiger partial charge on any atom is -0.475 e. The Labute approximate surface area is 76.0 Å². The molecule has 0 bridgehead atoms. The summed E-state index contributed by atoms with van der Waals surface area (Å²) in [5, 5.41) is 7.12. The summed E-state index contributed by atoms with van der Waals surface area (Å²) in [7, 11) is 0. The van der Waals surface area contributed by atoms with Gasteiger partial charge in [-0.2, -0.15) is 13.2 Å². The van der Waals surface area contributed by atoms with Crippen LogP contribution in [0.1, 0.15) is 0 Å². The van der Waals surface area contributed by atoms with Crippen molar-refractivity contribution in [2.75, 3.05) is 6.54 Å². The molecule has 5 nitrogen and oxygen atoms in total. The standard InChI is InChI=1S/C4H4N2O.C2HF3O2/c7-4-1-5-3-6-2-4;3-2(4,5)1(6)7/h1,3H,2H2;(H,6,7). The zero-order valence-corrected chi connectivity index (χ0v) is 6.65. The molecule has 0 aromatic carbocycles. The molecule has 0 amide bonds. The van der Waals surface area contributed by atoms with Gasteiger partial charge >= 0.3 is 12.1 Å². The van der Waals surface area contributed by atoms with Crippen LogP contribution in [0.3, 0.4) is 0 Å². The van der Waals surface area contributed by atoms with Crippen LogP contribution in [0.25, 0.3) is 0 Å². The van der Waals surface area contributed by atoms with E-state index in [0.29, 0.717) is 0 Å². The molecule has 0 saturated carbocycles. The Morgan fingerprint density at radius 2 is 2.00 bits per heavy atom. The normalized spacial score (nSPS) is 14.6. The summed E-state index contributed by atoms with van der Waals surface area (Å²) >= 11 is 0. The van der Waals surface area contributed by atoms with Crippen molar-refractivity contribution in [2.45, 2.75) is 6.18 Å². The first-order valence-corrected chi connectivity index (χ1v) is 3.18. The van der Waals surface area contributed by atoms with Gasteiger partial charge in [0.2, 0.25) is 0 Å². The van der Waals surface area contributed by atoms with Crippen LogP contribution in [0.15, 0.2) is 9.98 Å². The monoisotopic (exact) mass is 210 g/mol. The van der Waals surface area contributed by atoms with E-state index in [-0.39, 0.29) is 12.3 Å². The van der Waals surface area contributed by atoms with Crippen molar-refractivity contribution >= 4 is 24.3 Å². The highest BCUT2D eigenvalue weighted by Gasteiger charge is 2.38. The van der Waals surface area contributed by atoms with E-state index >= 15 is 0 Å². The Balaban J connectivity index is 0.000000241. The third-order valence-corrected chi connectivity index (χ3v) is 0.856. The third-order valence-electron chi connectivity index (χ3n) is 0.856. The Morgan fingerprint density at radius 3 is 2.14 bits per heavy atom. The molecule has 0 aromatic rings. The molecule has 1 N–H and O–H groups in total. The fourth-order valence-corrected chi connectivity index (χ4v) is 0.335. The number of carboxylic acids is 1. The van der Waals surface area contributed by atoms with Crippen molar-refractivity contribution in [3.05, 3.63) is 0 Å². The second-order valence-electron chi connectivity index (χ2n) is 2.00. The largest absolute Gasteiger partial charge is 0.490 e. The molecule has 0 radical (unpaired) electrons. The minimum absolute atomic E-state index is 0.0255. The van der Waals surface area contributed by atoms with Crippen molar-refractivity contribution in [2.24, 2.45) is 9.98 Å². The molecule has 0 aliphatic carbocycles. The quantitative estimate of drug-likeness (QED) is 0.624.